The second-order valence-corrected chi connectivity index (χ2v) is 6.31. The number of carbonyl (C=O) groups is 1. The smallest absolute Gasteiger partial charge is 0.417 e. The molecule has 25 heavy (non-hydrogen) atoms. The fourth-order valence-electron chi connectivity index (χ4n) is 2.70. The summed E-state index contributed by atoms with van der Waals surface area (Å²) < 4.78 is 40.2. The molecule has 0 saturated heterocycles. The van der Waals surface area contributed by atoms with E-state index in [1.165, 1.54) is 12.4 Å². The highest BCUT2D eigenvalue weighted by molar-refractivity contribution is 6.43. The van der Waals surface area contributed by atoms with Crippen LogP contribution in [-0.4, -0.2) is 36.8 Å². The van der Waals surface area contributed by atoms with Gasteiger partial charge in [0, 0.05) is 6.54 Å². The molecule has 0 amide bonds. The summed E-state index contributed by atoms with van der Waals surface area (Å²) in [6, 6.07) is 1.15. The van der Waals surface area contributed by atoms with Crippen LogP contribution >= 0.6 is 23.2 Å². The van der Waals surface area contributed by atoms with Gasteiger partial charge in [0.1, 0.15) is 18.2 Å². The summed E-state index contributed by atoms with van der Waals surface area (Å²) in [6.45, 7) is 0.316. The number of hydrogen-bond acceptors (Lipinski definition) is 4. The van der Waals surface area contributed by atoms with Gasteiger partial charge in [-0.05, 0) is 11.6 Å². The monoisotopic (exact) mass is 394 g/mol. The number of aromatic nitrogens is 3. The van der Waals surface area contributed by atoms with Gasteiger partial charge in [-0.1, -0.05) is 29.3 Å². The van der Waals surface area contributed by atoms with Crippen molar-refractivity contribution in [3.8, 4) is 0 Å². The molecule has 11 heteroatoms. The van der Waals surface area contributed by atoms with Crippen molar-refractivity contribution in [2.24, 2.45) is 0 Å². The van der Waals surface area contributed by atoms with E-state index in [9.17, 15) is 23.1 Å². The van der Waals surface area contributed by atoms with Gasteiger partial charge in [-0.3, -0.25) is 9.69 Å². The van der Waals surface area contributed by atoms with Gasteiger partial charge < -0.3 is 9.67 Å². The Labute approximate surface area is 149 Å². The van der Waals surface area contributed by atoms with E-state index >= 15 is 0 Å². The first kappa shape index (κ1) is 18.0. The zero-order valence-corrected chi connectivity index (χ0v) is 14.0. The lowest BCUT2D eigenvalue weighted by atomic mass is 10.1. The van der Waals surface area contributed by atoms with Crippen molar-refractivity contribution in [2.45, 2.75) is 31.9 Å². The number of carboxylic acid groups (broad SMARTS) is 1. The Kier molecular flexibility index (Phi) is 4.65. The molecule has 0 bridgehead atoms. The number of halogens is 5. The predicted octanol–water partition coefficient (Wildman–Crippen LogP) is 3.07. The Balaban J connectivity index is 1.91. The first-order valence-electron chi connectivity index (χ1n) is 7.06. The zero-order valence-electron chi connectivity index (χ0n) is 12.5. The molecule has 1 N–H and O–H groups in total. The zero-order chi connectivity index (χ0) is 18.4. The molecular weight excluding hydrogens is 384 g/mol. The van der Waals surface area contributed by atoms with Gasteiger partial charge in [0.05, 0.1) is 28.7 Å². The molecule has 2 heterocycles. The minimum Gasteiger partial charge on any atom is -0.480 e. The Bertz CT molecular complexity index is 825. The molecule has 3 rings (SSSR count). The molecule has 6 nitrogen and oxygen atoms in total. The molecule has 1 unspecified atom stereocenters. The largest absolute Gasteiger partial charge is 0.480 e. The van der Waals surface area contributed by atoms with Gasteiger partial charge in [0.25, 0.3) is 0 Å². The SMILES string of the molecule is O=C(O)C1Cn2cnnc2CN1Cc1ccc(C(F)(F)F)c(Cl)c1Cl. The van der Waals surface area contributed by atoms with Gasteiger partial charge >= 0.3 is 12.1 Å². The molecule has 1 aliphatic rings. The fourth-order valence-corrected chi connectivity index (χ4v) is 3.21. The molecule has 0 spiro atoms. The summed E-state index contributed by atoms with van der Waals surface area (Å²) in [7, 11) is 0. The standard InChI is InChI=1S/C14H11Cl2F3N4O2/c15-11-7(1-2-8(12(11)16)14(17,18)19)3-22-5-10-21-20-6-23(10)4-9(22)13(24)25/h1-2,6,9H,3-5H2,(H,24,25). The molecule has 0 aliphatic carbocycles. The number of benzene rings is 1. The van der Waals surface area contributed by atoms with Crippen molar-refractivity contribution in [1.29, 1.82) is 0 Å². The number of fused-ring (bicyclic) bond motifs is 1. The van der Waals surface area contributed by atoms with E-state index in [0.29, 0.717) is 11.4 Å². The lowest BCUT2D eigenvalue weighted by molar-refractivity contribution is -0.145. The molecule has 1 atom stereocenters. The highest BCUT2D eigenvalue weighted by Gasteiger charge is 2.36. The van der Waals surface area contributed by atoms with Gasteiger partial charge in [0.15, 0.2) is 0 Å². The van der Waals surface area contributed by atoms with E-state index in [1.54, 1.807) is 9.47 Å². The average Bonchev–Trinajstić information content (AvgIpc) is 2.97. The van der Waals surface area contributed by atoms with Crippen LogP contribution in [0.3, 0.4) is 0 Å². The van der Waals surface area contributed by atoms with Crippen LogP contribution in [0.4, 0.5) is 13.2 Å². The first-order valence-corrected chi connectivity index (χ1v) is 7.81. The van der Waals surface area contributed by atoms with Crippen LogP contribution in [0, 0.1) is 0 Å². The Morgan fingerprint density at radius 1 is 1.32 bits per heavy atom. The minimum absolute atomic E-state index is 0.0144. The lowest BCUT2D eigenvalue weighted by Gasteiger charge is -2.33. The minimum atomic E-state index is -4.62. The fraction of sp³-hybridized carbons (Fsp3) is 0.357. The molecular formula is C14H11Cl2F3N4O2. The van der Waals surface area contributed by atoms with Gasteiger partial charge in [-0.25, -0.2) is 0 Å². The predicted molar refractivity (Wildman–Crippen MR) is 82.2 cm³/mol. The van der Waals surface area contributed by atoms with Crippen LogP contribution in [0.1, 0.15) is 17.0 Å². The van der Waals surface area contributed by atoms with Crippen LogP contribution in [0.5, 0.6) is 0 Å². The van der Waals surface area contributed by atoms with Crippen molar-refractivity contribution in [3.05, 3.63) is 45.5 Å². The third kappa shape index (κ3) is 3.44. The molecule has 1 aromatic heterocycles. The molecule has 0 saturated carbocycles. The summed E-state index contributed by atoms with van der Waals surface area (Å²) in [5.74, 6) is -0.500. The molecule has 0 radical (unpaired) electrons. The Hall–Kier alpha value is -1.84. The summed E-state index contributed by atoms with van der Waals surface area (Å²) in [5.41, 5.74) is -0.727. The van der Waals surface area contributed by atoms with Crippen molar-refractivity contribution < 1.29 is 23.1 Å². The Morgan fingerprint density at radius 3 is 2.68 bits per heavy atom. The molecule has 2 aromatic rings. The van der Waals surface area contributed by atoms with Crippen LogP contribution in [-0.2, 0) is 30.6 Å². The Morgan fingerprint density at radius 2 is 2.04 bits per heavy atom. The number of alkyl halides is 3. The lowest BCUT2D eigenvalue weighted by Crippen LogP contribution is -2.47. The maximum Gasteiger partial charge on any atom is 0.417 e. The number of aliphatic carboxylic acids is 1. The highest BCUT2D eigenvalue weighted by atomic mass is 35.5. The molecule has 1 aliphatic heterocycles. The first-order chi connectivity index (χ1) is 11.7. The average molecular weight is 395 g/mol. The van der Waals surface area contributed by atoms with E-state index in [-0.39, 0.29) is 24.7 Å². The van der Waals surface area contributed by atoms with Crippen LogP contribution in [0.2, 0.25) is 10.0 Å². The van der Waals surface area contributed by atoms with Crippen LogP contribution in [0.15, 0.2) is 18.5 Å². The second kappa shape index (κ2) is 6.47. The summed E-state index contributed by atoms with van der Waals surface area (Å²) in [4.78, 5) is 13.1. The number of carboxylic acids is 1. The van der Waals surface area contributed by atoms with Crippen molar-refractivity contribution >= 4 is 29.2 Å². The number of nitrogens with zero attached hydrogens (tertiary/aromatic N) is 4. The topological polar surface area (TPSA) is 71.2 Å². The van der Waals surface area contributed by atoms with Gasteiger partial charge in [0.2, 0.25) is 0 Å². The normalized spacial score (nSPS) is 18.2. The maximum absolute atomic E-state index is 12.9. The van der Waals surface area contributed by atoms with E-state index in [2.05, 4.69) is 10.2 Å². The van der Waals surface area contributed by atoms with Crippen LogP contribution < -0.4 is 0 Å². The van der Waals surface area contributed by atoms with E-state index in [4.69, 9.17) is 23.2 Å². The van der Waals surface area contributed by atoms with Gasteiger partial charge in [-0.15, -0.1) is 10.2 Å². The van der Waals surface area contributed by atoms with Crippen molar-refractivity contribution in [1.82, 2.24) is 19.7 Å². The third-order valence-electron chi connectivity index (χ3n) is 3.98. The summed E-state index contributed by atoms with van der Waals surface area (Å²) in [6.07, 6.45) is -3.19. The highest BCUT2D eigenvalue weighted by Crippen LogP contribution is 2.40. The van der Waals surface area contributed by atoms with E-state index < -0.39 is 28.8 Å². The molecule has 134 valence electrons. The van der Waals surface area contributed by atoms with Crippen molar-refractivity contribution in [3.63, 3.8) is 0 Å². The quantitative estimate of drug-likeness (QED) is 0.865. The third-order valence-corrected chi connectivity index (χ3v) is 4.90. The van der Waals surface area contributed by atoms with Crippen LogP contribution in [0.25, 0.3) is 0 Å². The van der Waals surface area contributed by atoms with E-state index in [0.717, 1.165) is 6.07 Å². The van der Waals surface area contributed by atoms with Gasteiger partial charge in [-0.2, -0.15) is 13.2 Å². The summed E-state index contributed by atoms with van der Waals surface area (Å²) >= 11 is 11.7. The second-order valence-electron chi connectivity index (χ2n) is 5.56. The number of hydrogen-bond donors (Lipinski definition) is 1. The maximum atomic E-state index is 12.9. The van der Waals surface area contributed by atoms with Crippen molar-refractivity contribution in [2.75, 3.05) is 0 Å². The van der Waals surface area contributed by atoms with E-state index in [1.807, 2.05) is 0 Å². The molecule has 1 aromatic carbocycles. The number of rotatable bonds is 3. The summed E-state index contributed by atoms with van der Waals surface area (Å²) in [5, 5.41) is 16.2. The molecule has 0 fully saturated rings.